The van der Waals surface area contributed by atoms with Gasteiger partial charge in [-0.25, -0.2) is 0 Å². The lowest BCUT2D eigenvalue weighted by atomic mass is 9.72. The summed E-state index contributed by atoms with van der Waals surface area (Å²) in [6, 6.07) is 0. The van der Waals surface area contributed by atoms with Crippen LogP contribution in [-0.2, 0) is 4.79 Å². The van der Waals surface area contributed by atoms with Gasteiger partial charge in [-0.2, -0.15) is 0 Å². The van der Waals surface area contributed by atoms with Crippen molar-refractivity contribution < 1.29 is 4.79 Å². The fourth-order valence-electron chi connectivity index (χ4n) is 2.50. The molecule has 2 unspecified atom stereocenters. The third-order valence-electron chi connectivity index (χ3n) is 4.90. The Kier molecular flexibility index (Phi) is 3.98. The van der Waals surface area contributed by atoms with Crippen LogP contribution in [0.2, 0.25) is 0 Å². The Labute approximate surface area is 100 Å². The van der Waals surface area contributed by atoms with E-state index in [-0.39, 0.29) is 5.41 Å². The Bertz CT molecular complexity index is 288. The lowest BCUT2D eigenvalue weighted by molar-refractivity contribution is -0.116. The summed E-state index contributed by atoms with van der Waals surface area (Å²) in [6.07, 6.45) is 7.86. The second-order valence-electron chi connectivity index (χ2n) is 6.21. The van der Waals surface area contributed by atoms with E-state index in [0.29, 0.717) is 5.41 Å². The average Bonchev–Trinajstić information content (AvgIpc) is 2.51. The molecule has 0 fully saturated rings. The second kappa shape index (κ2) is 4.73. The van der Waals surface area contributed by atoms with Gasteiger partial charge in [0.1, 0.15) is 6.29 Å². The molecule has 2 atom stereocenters. The van der Waals surface area contributed by atoms with E-state index in [1.165, 1.54) is 18.4 Å². The molecule has 0 aromatic carbocycles. The SMILES string of the molecule is CCC(C)(C=O)CCC1CC=C(C)C1(C)C. The average molecular weight is 222 g/mol. The molecule has 16 heavy (non-hydrogen) atoms. The maximum Gasteiger partial charge on any atom is 0.125 e. The predicted octanol–water partition coefficient (Wildman–Crippen LogP) is 4.37. The van der Waals surface area contributed by atoms with Gasteiger partial charge in [0.15, 0.2) is 0 Å². The van der Waals surface area contributed by atoms with Crippen LogP contribution in [0.1, 0.15) is 60.3 Å². The van der Waals surface area contributed by atoms with Crippen molar-refractivity contribution in [3.05, 3.63) is 11.6 Å². The molecule has 92 valence electrons. The van der Waals surface area contributed by atoms with E-state index in [9.17, 15) is 4.79 Å². The maximum atomic E-state index is 11.1. The maximum absolute atomic E-state index is 11.1. The summed E-state index contributed by atoms with van der Waals surface area (Å²) in [5.74, 6) is 0.721. The first kappa shape index (κ1) is 13.5. The molecule has 0 heterocycles. The zero-order valence-electron chi connectivity index (χ0n) is 11.5. The van der Waals surface area contributed by atoms with Crippen LogP contribution in [0.5, 0.6) is 0 Å². The Morgan fingerprint density at radius 2 is 2.19 bits per heavy atom. The monoisotopic (exact) mass is 222 g/mol. The molecule has 0 spiro atoms. The zero-order chi connectivity index (χ0) is 12.4. The van der Waals surface area contributed by atoms with Gasteiger partial charge in [-0.1, -0.05) is 39.3 Å². The fraction of sp³-hybridized carbons (Fsp3) is 0.800. The Hall–Kier alpha value is -0.590. The molecule has 1 rings (SSSR count). The summed E-state index contributed by atoms with van der Waals surface area (Å²) in [4.78, 5) is 11.1. The Morgan fingerprint density at radius 3 is 2.56 bits per heavy atom. The van der Waals surface area contributed by atoms with Crippen LogP contribution >= 0.6 is 0 Å². The zero-order valence-corrected chi connectivity index (χ0v) is 11.5. The van der Waals surface area contributed by atoms with Gasteiger partial charge >= 0.3 is 0 Å². The number of carbonyl (C=O) groups excluding carboxylic acids is 1. The molecule has 0 N–H and O–H groups in total. The van der Waals surface area contributed by atoms with Crippen LogP contribution in [0, 0.1) is 16.7 Å². The summed E-state index contributed by atoms with van der Waals surface area (Å²) in [7, 11) is 0. The highest BCUT2D eigenvalue weighted by Gasteiger charge is 2.35. The number of rotatable bonds is 5. The molecule has 0 bridgehead atoms. The normalized spacial score (nSPS) is 27.3. The molecule has 0 amide bonds. The number of aldehydes is 1. The van der Waals surface area contributed by atoms with Crippen molar-refractivity contribution in [1.29, 1.82) is 0 Å². The van der Waals surface area contributed by atoms with E-state index in [1.54, 1.807) is 0 Å². The van der Waals surface area contributed by atoms with E-state index < -0.39 is 0 Å². The number of hydrogen-bond donors (Lipinski definition) is 0. The van der Waals surface area contributed by atoms with E-state index in [4.69, 9.17) is 0 Å². The highest BCUT2D eigenvalue weighted by molar-refractivity contribution is 5.58. The summed E-state index contributed by atoms with van der Waals surface area (Å²) < 4.78 is 0. The molecule has 0 aliphatic heterocycles. The van der Waals surface area contributed by atoms with Gasteiger partial charge < -0.3 is 4.79 Å². The first-order valence-electron chi connectivity index (χ1n) is 6.49. The topological polar surface area (TPSA) is 17.1 Å². The minimum Gasteiger partial charge on any atom is -0.303 e. The van der Waals surface area contributed by atoms with Crippen LogP contribution in [-0.4, -0.2) is 6.29 Å². The minimum absolute atomic E-state index is 0.105. The quantitative estimate of drug-likeness (QED) is 0.498. The van der Waals surface area contributed by atoms with Gasteiger partial charge in [0, 0.05) is 5.41 Å². The van der Waals surface area contributed by atoms with E-state index in [2.05, 4.69) is 40.7 Å². The van der Waals surface area contributed by atoms with Gasteiger partial charge in [-0.15, -0.1) is 0 Å². The molecule has 0 saturated carbocycles. The number of hydrogen-bond acceptors (Lipinski definition) is 1. The van der Waals surface area contributed by atoms with Crippen molar-refractivity contribution in [2.24, 2.45) is 16.7 Å². The number of carbonyl (C=O) groups is 1. The van der Waals surface area contributed by atoms with Crippen molar-refractivity contribution in [2.75, 3.05) is 0 Å². The lowest BCUT2D eigenvalue weighted by Gasteiger charge is -2.32. The summed E-state index contributed by atoms with van der Waals surface area (Å²) in [5.41, 5.74) is 1.74. The van der Waals surface area contributed by atoms with E-state index in [1.807, 2.05) is 0 Å². The van der Waals surface area contributed by atoms with Crippen molar-refractivity contribution in [1.82, 2.24) is 0 Å². The molecule has 1 aliphatic rings. The van der Waals surface area contributed by atoms with Gasteiger partial charge in [0.25, 0.3) is 0 Å². The van der Waals surface area contributed by atoms with Crippen LogP contribution in [0.4, 0.5) is 0 Å². The van der Waals surface area contributed by atoms with Gasteiger partial charge in [-0.05, 0) is 43.9 Å². The largest absolute Gasteiger partial charge is 0.303 e. The molecule has 1 aliphatic carbocycles. The lowest BCUT2D eigenvalue weighted by Crippen LogP contribution is -2.24. The van der Waals surface area contributed by atoms with Gasteiger partial charge in [-0.3, -0.25) is 0 Å². The van der Waals surface area contributed by atoms with Crippen LogP contribution in [0.3, 0.4) is 0 Å². The van der Waals surface area contributed by atoms with E-state index >= 15 is 0 Å². The highest BCUT2D eigenvalue weighted by Crippen LogP contribution is 2.46. The Balaban J connectivity index is 2.55. The standard InChI is InChI=1S/C15H26O/c1-6-15(5,11-16)10-9-13-8-7-12(2)14(13,3)4/h7,11,13H,6,8-10H2,1-5H3. The van der Waals surface area contributed by atoms with Crippen molar-refractivity contribution in [3.8, 4) is 0 Å². The van der Waals surface area contributed by atoms with Crippen LogP contribution in [0.15, 0.2) is 11.6 Å². The molecular formula is C15H26O. The summed E-state index contributed by atoms with van der Waals surface area (Å²) >= 11 is 0. The molecule has 1 nitrogen and oxygen atoms in total. The van der Waals surface area contributed by atoms with E-state index in [0.717, 1.165) is 25.0 Å². The second-order valence-corrected chi connectivity index (χ2v) is 6.21. The third-order valence-corrected chi connectivity index (χ3v) is 4.90. The third kappa shape index (κ3) is 2.56. The van der Waals surface area contributed by atoms with Gasteiger partial charge in [0.05, 0.1) is 0 Å². The summed E-state index contributed by atoms with van der Waals surface area (Å²) in [5, 5.41) is 0. The predicted molar refractivity (Wildman–Crippen MR) is 69.3 cm³/mol. The molecular weight excluding hydrogens is 196 g/mol. The summed E-state index contributed by atoms with van der Waals surface area (Å²) in [6.45, 7) is 11.1. The molecule has 1 heteroatoms. The molecule has 0 aromatic rings. The number of allylic oxidation sites excluding steroid dienone is 2. The fourth-order valence-corrected chi connectivity index (χ4v) is 2.50. The van der Waals surface area contributed by atoms with Crippen LogP contribution < -0.4 is 0 Å². The van der Waals surface area contributed by atoms with Crippen LogP contribution in [0.25, 0.3) is 0 Å². The first-order chi connectivity index (χ1) is 7.35. The van der Waals surface area contributed by atoms with Crippen molar-refractivity contribution >= 4 is 6.29 Å². The highest BCUT2D eigenvalue weighted by atomic mass is 16.1. The minimum atomic E-state index is -0.105. The smallest absolute Gasteiger partial charge is 0.125 e. The molecule has 0 saturated heterocycles. The van der Waals surface area contributed by atoms with Gasteiger partial charge in [0.2, 0.25) is 0 Å². The first-order valence-corrected chi connectivity index (χ1v) is 6.49. The Morgan fingerprint density at radius 1 is 1.56 bits per heavy atom. The molecule has 0 aromatic heterocycles. The van der Waals surface area contributed by atoms with Crippen molar-refractivity contribution in [3.63, 3.8) is 0 Å². The molecule has 0 radical (unpaired) electrons. The van der Waals surface area contributed by atoms with Crippen molar-refractivity contribution in [2.45, 2.75) is 60.3 Å².